The normalized spacial score (nSPS) is 10.7. The van der Waals surface area contributed by atoms with Crippen LogP contribution in [0.3, 0.4) is 0 Å². The summed E-state index contributed by atoms with van der Waals surface area (Å²) >= 11 is 0. The molecular weight excluding hydrogens is 302 g/mol. The molecule has 0 saturated carbocycles. The third-order valence-corrected chi connectivity index (χ3v) is 3.51. The van der Waals surface area contributed by atoms with E-state index in [4.69, 9.17) is 0 Å². The number of nitrogens with one attached hydrogen (secondary N) is 2. The standard InChI is InChI=1S/C18H25N5O/c1-13-5-7-15(8-6-13)12-20-18(24)16-11-17(22-14(2)21-16)19-9-10-23(3)4/h5-8,11H,9-10,12H2,1-4H3,(H,20,24)(H,19,21,22). The number of aryl methyl sites for hydroxylation is 2. The van der Waals surface area contributed by atoms with E-state index in [0.29, 0.717) is 23.9 Å². The highest BCUT2D eigenvalue weighted by Gasteiger charge is 2.10. The van der Waals surface area contributed by atoms with Crippen LogP contribution in [0.25, 0.3) is 0 Å². The molecule has 2 aromatic rings. The summed E-state index contributed by atoms with van der Waals surface area (Å²) in [4.78, 5) is 23.0. The number of anilines is 1. The molecule has 1 heterocycles. The molecule has 0 bridgehead atoms. The molecule has 0 radical (unpaired) electrons. The fourth-order valence-corrected chi connectivity index (χ4v) is 2.16. The van der Waals surface area contributed by atoms with Gasteiger partial charge in [-0.05, 0) is 33.5 Å². The van der Waals surface area contributed by atoms with E-state index < -0.39 is 0 Å². The van der Waals surface area contributed by atoms with Crippen molar-refractivity contribution in [2.24, 2.45) is 0 Å². The van der Waals surface area contributed by atoms with Crippen LogP contribution in [0, 0.1) is 13.8 Å². The van der Waals surface area contributed by atoms with Gasteiger partial charge in [-0.15, -0.1) is 0 Å². The van der Waals surface area contributed by atoms with Gasteiger partial charge in [0.1, 0.15) is 17.3 Å². The molecule has 6 heteroatoms. The number of carbonyl (C=O) groups is 1. The second-order valence-electron chi connectivity index (χ2n) is 6.08. The number of amides is 1. The minimum absolute atomic E-state index is 0.197. The predicted octanol–water partition coefficient (Wildman–Crippen LogP) is 2.00. The van der Waals surface area contributed by atoms with Gasteiger partial charge in [-0.1, -0.05) is 29.8 Å². The first kappa shape index (κ1) is 17.9. The first-order valence-electron chi connectivity index (χ1n) is 8.02. The number of benzene rings is 1. The fraction of sp³-hybridized carbons (Fsp3) is 0.389. The molecule has 1 amide bonds. The highest BCUT2D eigenvalue weighted by molar-refractivity contribution is 5.92. The smallest absolute Gasteiger partial charge is 0.270 e. The molecule has 2 N–H and O–H groups in total. The summed E-state index contributed by atoms with van der Waals surface area (Å²) in [6.45, 7) is 5.95. The molecule has 0 fully saturated rings. The summed E-state index contributed by atoms with van der Waals surface area (Å²) < 4.78 is 0. The molecule has 1 aromatic heterocycles. The number of hydrogen-bond acceptors (Lipinski definition) is 5. The molecule has 2 rings (SSSR count). The number of aromatic nitrogens is 2. The number of likely N-dealkylation sites (N-methyl/N-ethyl adjacent to an activating group) is 1. The maximum Gasteiger partial charge on any atom is 0.270 e. The summed E-state index contributed by atoms with van der Waals surface area (Å²) in [6, 6.07) is 9.77. The van der Waals surface area contributed by atoms with Crippen molar-refractivity contribution in [1.29, 1.82) is 0 Å². The van der Waals surface area contributed by atoms with Crippen molar-refractivity contribution < 1.29 is 4.79 Å². The molecule has 6 nitrogen and oxygen atoms in total. The van der Waals surface area contributed by atoms with Crippen LogP contribution >= 0.6 is 0 Å². The van der Waals surface area contributed by atoms with Crippen molar-refractivity contribution in [3.05, 3.63) is 53.0 Å². The summed E-state index contributed by atoms with van der Waals surface area (Å²) in [5.74, 6) is 1.05. The van der Waals surface area contributed by atoms with Gasteiger partial charge in [0.2, 0.25) is 0 Å². The van der Waals surface area contributed by atoms with Gasteiger partial charge in [0.15, 0.2) is 0 Å². The van der Waals surface area contributed by atoms with Gasteiger partial charge >= 0.3 is 0 Å². The van der Waals surface area contributed by atoms with E-state index in [0.717, 1.165) is 18.7 Å². The lowest BCUT2D eigenvalue weighted by molar-refractivity contribution is 0.0945. The van der Waals surface area contributed by atoms with Gasteiger partial charge in [-0.25, -0.2) is 9.97 Å². The van der Waals surface area contributed by atoms with Gasteiger partial charge in [0, 0.05) is 25.7 Å². The topological polar surface area (TPSA) is 70.2 Å². The third-order valence-electron chi connectivity index (χ3n) is 3.51. The van der Waals surface area contributed by atoms with E-state index in [9.17, 15) is 4.79 Å². The molecule has 0 spiro atoms. The van der Waals surface area contributed by atoms with Gasteiger partial charge in [-0.3, -0.25) is 4.79 Å². The molecule has 0 aliphatic heterocycles. The number of hydrogen-bond donors (Lipinski definition) is 2. The Hall–Kier alpha value is -2.47. The molecule has 24 heavy (non-hydrogen) atoms. The van der Waals surface area contributed by atoms with E-state index in [1.807, 2.05) is 45.3 Å². The lowest BCUT2D eigenvalue weighted by Gasteiger charge is -2.12. The van der Waals surface area contributed by atoms with Crippen LogP contribution in [-0.4, -0.2) is 48.0 Å². The quantitative estimate of drug-likeness (QED) is 0.814. The highest BCUT2D eigenvalue weighted by atomic mass is 16.1. The van der Waals surface area contributed by atoms with Crippen molar-refractivity contribution in [2.45, 2.75) is 20.4 Å². The minimum Gasteiger partial charge on any atom is -0.369 e. The zero-order valence-corrected chi connectivity index (χ0v) is 14.8. The zero-order valence-electron chi connectivity index (χ0n) is 14.8. The second-order valence-corrected chi connectivity index (χ2v) is 6.08. The zero-order chi connectivity index (χ0) is 17.5. The molecule has 0 saturated heterocycles. The molecule has 1 aromatic carbocycles. The minimum atomic E-state index is -0.197. The maximum absolute atomic E-state index is 12.3. The van der Waals surface area contributed by atoms with E-state index in [-0.39, 0.29) is 5.91 Å². The van der Waals surface area contributed by atoms with Crippen LogP contribution < -0.4 is 10.6 Å². The lowest BCUT2D eigenvalue weighted by atomic mass is 10.1. The van der Waals surface area contributed by atoms with E-state index in [2.05, 4.69) is 25.5 Å². The molecule has 0 unspecified atom stereocenters. The largest absolute Gasteiger partial charge is 0.369 e. The van der Waals surface area contributed by atoms with Crippen LogP contribution in [0.4, 0.5) is 5.82 Å². The van der Waals surface area contributed by atoms with E-state index >= 15 is 0 Å². The summed E-state index contributed by atoms with van der Waals surface area (Å²) in [5.41, 5.74) is 2.64. The Morgan fingerprint density at radius 1 is 1.12 bits per heavy atom. The second kappa shape index (κ2) is 8.40. The monoisotopic (exact) mass is 327 g/mol. The van der Waals surface area contributed by atoms with Crippen molar-refractivity contribution in [2.75, 3.05) is 32.5 Å². The van der Waals surface area contributed by atoms with E-state index in [1.54, 1.807) is 13.0 Å². The Bertz CT molecular complexity index is 682. The van der Waals surface area contributed by atoms with Gasteiger partial charge in [-0.2, -0.15) is 0 Å². The average Bonchev–Trinajstić information content (AvgIpc) is 2.53. The van der Waals surface area contributed by atoms with Gasteiger partial charge in [0.25, 0.3) is 5.91 Å². The molecule has 0 aliphatic rings. The van der Waals surface area contributed by atoms with Crippen LogP contribution in [0.5, 0.6) is 0 Å². The number of carbonyl (C=O) groups excluding carboxylic acids is 1. The van der Waals surface area contributed by atoms with Crippen molar-refractivity contribution in [3.63, 3.8) is 0 Å². The molecular formula is C18H25N5O. The van der Waals surface area contributed by atoms with Crippen LogP contribution in [0.1, 0.15) is 27.4 Å². The molecule has 0 aliphatic carbocycles. The fourth-order valence-electron chi connectivity index (χ4n) is 2.16. The van der Waals surface area contributed by atoms with Crippen LogP contribution in [0.15, 0.2) is 30.3 Å². The summed E-state index contributed by atoms with van der Waals surface area (Å²) in [6.07, 6.45) is 0. The van der Waals surface area contributed by atoms with Crippen molar-refractivity contribution >= 4 is 11.7 Å². The molecule has 0 atom stereocenters. The Balaban J connectivity index is 1.97. The van der Waals surface area contributed by atoms with Crippen molar-refractivity contribution in [3.8, 4) is 0 Å². The predicted molar refractivity (Wildman–Crippen MR) is 96.2 cm³/mol. The maximum atomic E-state index is 12.3. The highest BCUT2D eigenvalue weighted by Crippen LogP contribution is 2.08. The van der Waals surface area contributed by atoms with Gasteiger partial charge in [0.05, 0.1) is 0 Å². The first-order valence-corrected chi connectivity index (χ1v) is 8.02. The summed E-state index contributed by atoms with van der Waals surface area (Å²) in [7, 11) is 4.02. The van der Waals surface area contributed by atoms with Gasteiger partial charge < -0.3 is 15.5 Å². The summed E-state index contributed by atoms with van der Waals surface area (Å²) in [5, 5.41) is 6.12. The SMILES string of the molecule is Cc1ccc(CNC(=O)c2cc(NCCN(C)C)nc(C)n2)cc1. The Morgan fingerprint density at radius 3 is 2.50 bits per heavy atom. The average molecular weight is 327 g/mol. The van der Waals surface area contributed by atoms with Crippen LogP contribution in [-0.2, 0) is 6.54 Å². The number of rotatable bonds is 7. The molecule has 128 valence electrons. The first-order chi connectivity index (χ1) is 11.4. The van der Waals surface area contributed by atoms with E-state index in [1.165, 1.54) is 5.56 Å². The third kappa shape index (κ3) is 5.62. The van der Waals surface area contributed by atoms with Crippen molar-refractivity contribution in [1.82, 2.24) is 20.2 Å². The van der Waals surface area contributed by atoms with Crippen LogP contribution in [0.2, 0.25) is 0 Å². The lowest BCUT2D eigenvalue weighted by Crippen LogP contribution is -2.25. The number of nitrogens with zero attached hydrogens (tertiary/aromatic N) is 3. The Morgan fingerprint density at radius 2 is 1.83 bits per heavy atom. The Kier molecular flexibility index (Phi) is 6.26. The Labute approximate surface area is 143 Å².